The molecule has 1 unspecified atom stereocenters. The van der Waals surface area contributed by atoms with Crippen LogP contribution in [0.4, 0.5) is 11.6 Å². The number of esters is 1. The van der Waals surface area contributed by atoms with E-state index < -0.39 is 12.2 Å². The van der Waals surface area contributed by atoms with Gasteiger partial charge in [0.2, 0.25) is 5.91 Å². The Labute approximate surface area is 279 Å². The van der Waals surface area contributed by atoms with Gasteiger partial charge in [-0.05, 0) is 47.6 Å². The van der Waals surface area contributed by atoms with Crippen molar-refractivity contribution in [2.75, 3.05) is 30.4 Å². The van der Waals surface area contributed by atoms with E-state index in [1.807, 2.05) is 47.0 Å². The number of fused-ring (bicyclic) bond motifs is 4. The molecule has 252 valence electrons. The summed E-state index contributed by atoms with van der Waals surface area (Å²) >= 11 is 0. The summed E-state index contributed by atoms with van der Waals surface area (Å²) in [4.78, 5) is 48.2. The number of rotatable bonds is 7. The summed E-state index contributed by atoms with van der Waals surface area (Å²) < 4.78 is 9.57. The highest BCUT2D eigenvalue weighted by Gasteiger charge is 2.38. The number of carbonyl (C=O) groups is 3. The highest BCUT2D eigenvalue weighted by atomic mass is 16.5. The number of allylic oxidation sites excluding steroid dienone is 2. The van der Waals surface area contributed by atoms with Crippen LogP contribution in [0.1, 0.15) is 72.7 Å². The lowest BCUT2D eigenvalue weighted by atomic mass is 9.90. The second kappa shape index (κ2) is 12.0. The zero-order valence-electron chi connectivity index (χ0n) is 28.1. The van der Waals surface area contributed by atoms with Gasteiger partial charge in [0.05, 0.1) is 24.5 Å². The van der Waals surface area contributed by atoms with Crippen LogP contribution >= 0.6 is 0 Å². The Hall–Kier alpha value is -4.91. The van der Waals surface area contributed by atoms with Crippen molar-refractivity contribution in [1.82, 2.24) is 29.1 Å². The van der Waals surface area contributed by atoms with Crippen LogP contribution in [-0.4, -0.2) is 78.4 Å². The van der Waals surface area contributed by atoms with Crippen molar-refractivity contribution in [1.29, 1.82) is 0 Å². The van der Waals surface area contributed by atoms with Crippen molar-refractivity contribution in [2.24, 2.45) is 5.41 Å². The highest BCUT2D eigenvalue weighted by molar-refractivity contribution is 6.06. The number of aliphatic hydroxyl groups is 1. The normalized spacial score (nSPS) is 19.8. The number of ether oxygens (including phenoxy) is 1. The molecule has 7 rings (SSSR count). The minimum atomic E-state index is -0.979. The molecular formula is C35H42N8O5. The third-order valence-electron chi connectivity index (χ3n) is 9.69. The van der Waals surface area contributed by atoms with E-state index in [2.05, 4.69) is 33.8 Å². The van der Waals surface area contributed by atoms with Crippen molar-refractivity contribution in [2.45, 2.75) is 79.4 Å². The van der Waals surface area contributed by atoms with E-state index in [0.29, 0.717) is 67.7 Å². The van der Waals surface area contributed by atoms with Crippen LogP contribution in [-0.2, 0) is 53.4 Å². The fourth-order valence-corrected chi connectivity index (χ4v) is 7.36. The topological polar surface area (TPSA) is 138 Å². The summed E-state index contributed by atoms with van der Waals surface area (Å²) in [7, 11) is 1.77. The summed E-state index contributed by atoms with van der Waals surface area (Å²) in [5.74, 6) is 0.529. The number of anilines is 2. The molecule has 0 bridgehead atoms. The molecule has 0 saturated heterocycles. The predicted octanol–water partition coefficient (Wildman–Crippen LogP) is 3.28. The number of nitrogens with one attached hydrogen (secondary N) is 1. The molecule has 3 aliphatic heterocycles. The van der Waals surface area contributed by atoms with Gasteiger partial charge in [0, 0.05) is 75.3 Å². The van der Waals surface area contributed by atoms with Crippen LogP contribution in [0.3, 0.4) is 0 Å². The van der Waals surface area contributed by atoms with E-state index in [1.165, 1.54) is 18.2 Å². The van der Waals surface area contributed by atoms with Gasteiger partial charge in [-0.25, -0.2) is 4.98 Å². The van der Waals surface area contributed by atoms with Crippen molar-refractivity contribution in [3.63, 3.8) is 0 Å². The van der Waals surface area contributed by atoms with Crippen molar-refractivity contribution in [3.8, 4) is 0 Å². The second-order valence-electron chi connectivity index (χ2n) is 13.8. The van der Waals surface area contributed by atoms with Crippen molar-refractivity contribution < 1.29 is 24.2 Å². The Morgan fingerprint density at radius 2 is 1.96 bits per heavy atom. The van der Waals surface area contributed by atoms with Crippen molar-refractivity contribution in [3.05, 3.63) is 76.1 Å². The van der Waals surface area contributed by atoms with E-state index >= 15 is 0 Å². The standard InChI is InChI=1S/C35H42N8O5/c1-6-31(45)40-9-12-43-24(19-40)15-30(38-43)37-27-13-23(18-39(5)33(27)46)25-7-8-36-32(26(25)20-48-21(2)44)42-11-10-41-28(34(42)47)14-22-16-35(3,4)17-29(22)41/h7-8,13-15,18,33,46H,6,9-12,16-17,19-20H2,1-5H3,(H,37,38). The van der Waals surface area contributed by atoms with Crippen molar-refractivity contribution >= 4 is 35.0 Å². The van der Waals surface area contributed by atoms with E-state index in [0.717, 1.165) is 29.7 Å². The number of likely N-dealkylation sites (N-methyl/N-ethyl adjacent to an activating group) is 1. The largest absolute Gasteiger partial charge is 0.461 e. The first-order valence-electron chi connectivity index (χ1n) is 16.5. The van der Waals surface area contributed by atoms with Crippen LogP contribution < -0.4 is 10.2 Å². The average molecular weight is 655 g/mol. The van der Waals surface area contributed by atoms with Crippen LogP contribution in [0.2, 0.25) is 0 Å². The molecule has 2 N–H and O–H groups in total. The molecule has 13 heteroatoms. The first kappa shape index (κ1) is 31.7. The van der Waals surface area contributed by atoms with E-state index in [1.54, 1.807) is 23.0 Å². The molecule has 2 amide bonds. The van der Waals surface area contributed by atoms with E-state index in [9.17, 15) is 19.5 Å². The zero-order valence-corrected chi connectivity index (χ0v) is 28.1. The fourth-order valence-electron chi connectivity index (χ4n) is 7.36. The maximum absolute atomic E-state index is 14.0. The Balaban J connectivity index is 1.20. The smallest absolute Gasteiger partial charge is 0.302 e. The van der Waals surface area contributed by atoms with Crippen LogP contribution in [0.5, 0.6) is 0 Å². The molecule has 0 aromatic carbocycles. The highest BCUT2D eigenvalue weighted by Crippen LogP contribution is 2.40. The SMILES string of the molecule is CCC(=O)N1CCn2nc(NC3=CC(c4ccnc(N5CCn6c(cc7c6CC(C)(C)C7)C5=O)c4COC(C)=O)=CN(C)C3O)cc2C1. The van der Waals surface area contributed by atoms with Gasteiger partial charge < -0.3 is 29.5 Å². The Morgan fingerprint density at radius 1 is 1.15 bits per heavy atom. The summed E-state index contributed by atoms with van der Waals surface area (Å²) in [6.45, 7) is 10.4. The lowest BCUT2D eigenvalue weighted by molar-refractivity contribution is -0.142. The molecule has 3 aromatic rings. The summed E-state index contributed by atoms with van der Waals surface area (Å²) in [6.07, 6.45) is 6.66. The molecule has 48 heavy (non-hydrogen) atoms. The number of amides is 2. The van der Waals surface area contributed by atoms with Gasteiger partial charge in [0.15, 0.2) is 12.0 Å². The maximum Gasteiger partial charge on any atom is 0.302 e. The monoisotopic (exact) mass is 654 g/mol. The third-order valence-corrected chi connectivity index (χ3v) is 9.69. The number of nitrogens with zero attached hydrogens (tertiary/aromatic N) is 7. The molecule has 0 saturated carbocycles. The molecular weight excluding hydrogens is 612 g/mol. The maximum atomic E-state index is 14.0. The molecule has 0 fully saturated rings. The van der Waals surface area contributed by atoms with Gasteiger partial charge in [0.1, 0.15) is 18.1 Å². The summed E-state index contributed by atoms with van der Waals surface area (Å²) in [6, 6.07) is 5.75. The first-order chi connectivity index (χ1) is 22.9. The predicted molar refractivity (Wildman–Crippen MR) is 178 cm³/mol. The van der Waals surface area contributed by atoms with E-state index in [4.69, 9.17) is 4.74 Å². The number of aliphatic hydroxyl groups excluding tert-OH is 1. The van der Waals surface area contributed by atoms with Crippen LogP contribution in [0, 0.1) is 5.41 Å². The van der Waals surface area contributed by atoms with Gasteiger partial charge in [-0.15, -0.1) is 0 Å². The molecule has 4 aliphatic rings. The Kier molecular flexibility index (Phi) is 7.89. The number of aromatic nitrogens is 4. The van der Waals surface area contributed by atoms with Gasteiger partial charge >= 0.3 is 5.97 Å². The summed E-state index contributed by atoms with van der Waals surface area (Å²) in [5, 5.41) is 19.1. The van der Waals surface area contributed by atoms with Gasteiger partial charge in [-0.3, -0.25) is 24.0 Å². The lowest BCUT2D eigenvalue weighted by Gasteiger charge is -2.32. The summed E-state index contributed by atoms with van der Waals surface area (Å²) in [5.41, 5.74) is 6.77. The third kappa shape index (κ3) is 5.65. The number of hydrogen-bond donors (Lipinski definition) is 2. The van der Waals surface area contributed by atoms with Gasteiger partial charge in [0.25, 0.3) is 5.91 Å². The number of carbonyl (C=O) groups excluding carboxylic acids is 3. The second-order valence-corrected chi connectivity index (χ2v) is 13.8. The first-order valence-corrected chi connectivity index (χ1v) is 16.5. The molecule has 13 nitrogen and oxygen atoms in total. The van der Waals surface area contributed by atoms with Gasteiger partial charge in [-0.1, -0.05) is 20.8 Å². The number of pyridine rings is 1. The minimum absolute atomic E-state index is 0.0791. The average Bonchev–Trinajstić information content (AvgIpc) is 3.70. The van der Waals surface area contributed by atoms with Crippen LogP contribution in [0.15, 0.2) is 42.4 Å². The van der Waals surface area contributed by atoms with E-state index in [-0.39, 0.29) is 23.8 Å². The Morgan fingerprint density at radius 3 is 2.73 bits per heavy atom. The lowest BCUT2D eigenvalue weighted by Crippen LogP contribution is -2.42. The minimum Gasteiger partial charge on any atom is -0.461 e. The Bertz CT molecular complexity index is 1880. The zero-order chi connectivity index (χ0) is 33.9. The fraction of sp³-hybridized carbons (Fsp3) is 0.457. The number of hydrogen-bond acceptors (Lipinski definition) is 9. The van der Waals surface area contributed by atoms with Crippen LogP contribution in [0.25, 0.3) is 5.57 Å². The molecule has 6 heterocycles. The molecule has 1 aliphatic carbocycles. The van der Waals surface area contributed by atoms with Gasteiger partial charge in [-0.2, -0.15) is 5.10 Å². The molecule has 0 radical (unpaired) electrons. The molecule has 3 aromatic heterocycles. The molecule has 1 atom stereocenters. The quantitative estimate of drug-likeness (QED) is 0.368. The molecule has 0 spiro atoms.